The fourth-order valence-corrected chi connectivity index (χ4v) is 4.42. The molecule has 168 valence electrons. The molecular formula is C22H15F2N3O5S. The average molecular weight is 471 g/mol. The molecule has 0 saturated carbocycles. The Labute approximate surface area is 186 Å². The SMILES string of the molecule is O=S(=O)(Nc1cccc(-c2nnc(Cc3ccc4c(c3)OCO4)o2)c1)c1cc(F)ccc1F. The molecule has 0 saturated heterocycles. The van der Waals surface area contributed by atoms with Crippen LogP contribution in [0.15, 0.2) is 70.0 Å². The second-order valence-corrected chi connectivity index (χ2v) is 8.78. The molecule has 3 aromatic carbocycles. The molecule has 0 radical (unpaired) electrons. The van der Waals surface area contributed by atoms with Crippen molar-refractivity contribution < 1.29 is 31.1 Å². The fraction of sp³-hybridized carbons (Fsp3) is 0.0909. The van der Waals surface area contributed by atoms with E-state index in [1.165, 1.54) is 12.1 Å². The zero-order chi connectivity index (χ0) is 23.0. The highest BCUT2D eigenvalue weighted by Crippen LogP contribution is 2.33. The van der Waals surface area contributed by atoms with Crippen molar-refractivity contribution in [2.75, 3.05) is 11.5 Å². The van der Waals surface area contributed by atoms with Crippen molar-refractivity contribution in [1.29, 1.82) is 0 Å². The molecule has 4 aromatic rings. The van der Waals surface area contributed by atoms with Gasteiger partial charge in [0.2, 0.25) is 18.6 Å². The first-order valence-electron chi connectivity index (χ1n) is 9.67. The van der Waals surface area contributed by atoms with Crippen LogP contribution in [-0.2, 0) is 16.4 Å². The normalized spacial score (nSPS) is 12.7. The van der Waals surface area contributed by atoms with Gasteiger partial charge >= 0.3 is 0 Å². The number of aromatic nitrogens is 2. The van der Waals surface area contributed by atoms with E-state index in [9.17, 15) is 17.2 Å². The van der Waals surface area contributed by atoms with Gasteiger partial charge in [-0.05, 0) is 54.1 Å². The zero-order valence-corrected chi connectivity index (χ0v) is 17.6. The summed E-state index contributed by atoms with van der Waals surface area (Å²) in [4.78, 5) is -0.795. The van der Waals surface area contributed by atoms with Gasteiger partial charge in [0.25, 0.3) is 10.0 Å². The van der Waals surface area contributed by atoms with E-state index in [0.717, 1.165) is 17.7 Å². The van der Waals surface area contributed by atoms with Crippen molar-refractivity contribution >= 4 is 15.7 Å². The summed E-state index contributed by atoms with van der Waals surface area (Å²) in [6, 6.07) is 13.8. The average Bonchev–Trinajstić information content (AvgIpc) is 3.44. The number of hydrogen-bond donors (Lipinski definition) is 1. The van der Waals surface area contributed by atoms with Gasteiger partial charge in [0, 0.05) is 11.3 Å². The molecule has 8 nitrogen and oxygen atoms in total. The van der Waals surface area contributed by atoms with E-state index >= 15 is 0 Å². The Kier molecular flexibility index (Phi) is 5.17. The molecule has 1 aliphatic rings. The van der Waals surface area contributed by atoms with Gasteiger partial charge in [-0.15, -0.1) is 10.2 Å². The van der Waals surface area contributed by atoms with Gasteiger partial charge in [-0.25, -0.2) is 17.2 Å². The summed E-state index contributed by atoms with van der Waals surface area (Å²) in [5, 5.41) is 8.05. The van der Waals surface area contributed by atoms with E-state index in [-0.39, 0.29) is 18.4 Å². The minimum atomic E-state index is -4.36. The number of rotatable bonds is 6. The lowest BCUT2D eigenvalue weighted by Crippen LogP contribution is -2.15. The minimum absolute atomic E-state index is 0.117. The van der Waals surface area contributed by atoms with E-state index in [1.54, 1.807) is 18.2 Å². The van der Waals surface area contributed by atoms with Gasteiger partial charge in [0.15, 0.2) is 11.5 Å². The maximum atomic E-state index is 13.9. The van der Waals surface area contributed by atoms with Gasteiger partial charge in [0.05, 0.1) is 6.42 Å². The van der Waals surface area contributed by atoms with Gasteiger partial charge < -0.3 is 13.9 Å². The Morgan fingerprint density at radius 3 is 2.67 bits per heavy atom. The number of halogens is 2. The number of nitrogens with zero attached hydrogens (tertiary/aromatic N) is 2. The molecule has 0 spiro atoms. The van der Waals surface area contributed by atoms with Crippen LogP contribution in [0.4, 0.5) is 14.5 Å². The number of sulfonamides is 1. The Hall–Kier alpha value is -3.99. The highest BCUT2D eigenvalue weighted by Gasteiger charge is 2.21. The number of ether oxygens (including phenoxy) is 2. The summed E-state index contributed by atoms with van der Waals surface area (Å²) in [5.41, 5.74) is 1.44. The van der Waals surface area contributed by atoms with E-state index < -0.39 is 26.6 Å². The summed E-state index contributed by atoms with van der Waals surface area (Å²) in [6.45, 7) is 0.176. The maximum absolute atomic E-state index is 13.9. The predicted octanol–water partition coefficient (Wildman–Crippen LogP) is 4.14. The first kappa shape index (κ1) is 20.9. The third-order valence-electron chi connectivity index (χ3n) is 4.80. The molecule has 0 amide bonds. The molecule has 0 aliphatic carbocycles. The molecule has 5 rings (SSSR count). The smallest absolute Gasteiger partial charge is 0.264 e. The van der Waals surface area contributed by atoms with E-state index in [2.05, 4.69) is 14.9 Å². The third kappa shape index (κ3) is 4.35. The molecule has 0 atom stereocenters. The third-order valence-corrected chi connectivity index (χ3v) is 6.20. The molecule has 2 heterocycles. The summed E-state index contributed by atoms with van der Waals surface area (Å²) < 4.78 is 71.0. The quantitative estimate of drug-likeness (QED) is 0.451. The summed E-state index contributed by atoms with van der Waals surface area (Å²) >= 11 is 0. The van der Waals surface area contributed by atoms with E-state index in [4.69, 9.17) is 13.9 Å². The number of nitrogens with one attached hydrogen (secondary N) is 1. The van der Waals surface area contributed by atoms with Crippen molar-refractivity contribution in [3.8, 4) is 23.0 Å². The lowest BCUT2D eigenvalue weighted by atomic mass is 10.1. The van der Waals surface area contributed by atoms with Crippen LogP contribution in [0.2, 0.25) is 0 Å². The number of hydrogen-bond acceptors (Lipinski definition) is 7. The molecule has 1 aromatic heterocycles. The Morgan fingerprint density at radius 2 is 1.79 bits per heavy atom. The molecular weight excluding hydrogens is 456 g/mol. The lowest BCUT2D eigenvalue weighted by Gasteiger charge is -2.09. The second-order valence-electron chi connectivity index (χ2n) is 7.13. The van der Waals surface area contributed by atoms with Crippen LogP contribution in [0.1, 0.15) is 11.5 Å². The first-order chi connectivity index (χ1) is 15.9. The summed E-state index contributed by atoms with van der Waals surface area (Å²) in [5.74, 6) is -0.110. The molecule has 33 heavy (non-hydrogen) atoms. The van der Waals surface area contributed by atoms with Crippen LogP contribution in [-0.4, -0.2) is 25.4 Å². The number of benzene rings is 3. The second kappa shape index (κ2) is 8.17. The van der Waals surface area contributed by atoms with Crippen molar-refractivity contribution in [2.45, 2.75) is 11.3 Å². The minimum Gasteiger partial charge on any atom is -0.454 e. The van der Waals surface area contributed by atoms with Crippen molar-refractivity contribution in [3.05, 3.63) is 83.8 Å². The van der Waals surface area contributed by atoms with Gasteiger partial charge in [-0.1, -0.05) is 12.1 Å². The Balaban J connectivity index is 1.35. The predicted molar refractivity (Wildman–Crippen MR) is 112 cm³/mol. The van der Waals surface area contributed by atoms with Crippen molar-refractivity contribution in [3.63, 3.8) is 0 Å². The van der Waals surface area contributed by atoms with Gasteiger partial charge in [-0.2, -0.15) is 0 Å². The van der Waals surface area contributed by atoms with Crippen LogP contribution in [0.3, 0.4) is 0 Å². The van der Waals surface area contributed by atoms with Crippen LogP contribution in [0.25, 0.3) is 11.5 Å². The largest absolute Gasteiger partial charge is 0.454 e. The molecule has 0 bridgehead atoms. The lowest BCUT2D eigenvalue weighted by molar-refractivity contribution is 0.174. The highest BCUT2D eigenvalue weighted by atomic mass is 32.2. The van der Waals surface area contributed by atoms with Crippen LogP contribution >= 0.6 is 0 Å². The molecule has 1 aliphatic heterocycles. The highest BCUT2D eigenvalue weighted by molar-refractivity contribution is 7.92. The topological polar surface area (TPSA) is 104 Å². The number of fused-ring (bicyclic) bond motifs is 1. The fourth-order valence-electron chi connectivity index (χ4n) is 3.28. The summed E-state index contributed by atoms with van der Waals surface area (Å²) in [6.07, 6.45) is 0.356. The molecule has 0 unspecified atom stereocenters. The van der Waals surface area contributed by atoms with Crippen LogP contribution < -0.4 is 14.2 Å². The van der Waals surface area contributed by atoms with Gasteiger partial charge in [-0.3, -0.25) is 4.72 Å². The van der Waals surface area contributed by atoms with Crippen LogP contribution in [0.5, 0.6) is 11.5 Å². The van der Waals surface area contributed by atoms with Crippen molar-refractivity contribution in [2.24, 2.45) is 0 Å². The van der Waals surface area contributed by atoms with E-state index in [0.29, 0.717) is 35.4 Å². The standard InChI is InChI=1S/C22H15F2N3O5S/c23-15-5-6-17(24)20(11-15)33(28,29)27-16-3-1-2-14(10-16)22-26-25-21(32-22)9-13-4-7-18-19(8-13)31-12-30-18/h1-8,10-11,27H,9,12H2. The van der Waals surface area contributed by atoms with Crippen molar-refractivity contribution in [1.82, 2.24) is 10.2 Å². The van der Waals surface area contributed by atoms with Gasteiger partial charge in [0.1, 0.15) is 16.5 Å². The molecule has 0 fully saturated rings. The zero-order valence-electron chi connectivity index (χ0n) is 16.8. The monoisotopic (exact) mass is 471 g/mol. The first-order valence-corrected chi connectivity index (χ1v) is 11.1. The molecule has 11 heteroatoms. The maximum Gasteiger partial charge on any atom is 0.264 e. The molecule has 1 N–H and O–H groups in total. The Bertz CT molecular complexity index is 1460. The number of anilines is 1. The van der Waals surface area contributed by atoms with Crippen LogP contribution in [0, 0.1) is 11.6 Å². The van der Waals surface area contributed by atoms with E-state index in [1.807, 2.05) is 12.1 Å². The summed E-state index contributed by atoms with van der Waals surface area (Å²) in [7, 11) is -4.36. The Morgan fingerprint density at radius 1 is 0.939 bits per heavy atom.